The van der Waals surface area contributed by atoms with Crippen LogP contribution in [0.1, 0.15) is 30.9 Å². The number of urea groups is 1. The highest BCUT2D eigenvalue weighted by molar-refractivity contribution is 6.33. The van der Waals surface area contributed by atoms with Gasteiger partial charge in [-0.05, 0) is 62.1 Å². The van der Waals surface area contributed by atoms with Gasteiger partial charge >= 0.3 is 6.03 Å². The zero-order valence-corrected chi connectivity index (χ0v) is 17.4. The van der Waals surface area contributed by atoms with Crippen LogP contribution in [0, 0.1) is 18.2 Å². The van der Waals surface area contributed by atoms with Gasteiger partial charge in [0, 0.05) is 19.6 Å². The lowest BCUT2D eigenvalue weighted by atomic mass is 9.81. The number of anilines is 1. The molecule has 29 heavy (non-hydrogen) atoms. The summed E-state index contributed by atoms with van der Waals surface area (Å²) in [6.45, 7) is 5.01. The van der Waals surface area contributed by atoms with E-state index in [0.717, 1.165) is 17.5 Å². The molecule has 3 amide bonds. The van der Waals surface area contributed by atoms with Crippen molar-refractivity contribution in [3.05, 3.63) is 64.4 Å². The molecule has 154 valence electrons. The molecule has 1 heterocycles. The number of amides is 3. The second-order valence-electron chi connectivity index (χ2n) is 7.81. The summed E-state index contributed by atoms with van der Waals surface area (Å²) in [6, 6.07) is 11.2. The summed E-state index contributed by atoms with van der Waals surface area (Å²) in [5.74, 6) is -0.428. The third-order valence-electron chi connectivity index (χ3n) is 5.26. The van der Waals surface area contributed by atoms with E-state index < -0.39 is 5.41 Å². The highest BCUT2D eigenvalue weighted by Gasteiger charge is 2.39. The third-order valence-corrected chi connectivity index (χ3v) is 5.58. The van der Waals surface area contributed by atoms with Crippen molar-refractivity contribution in [2.75, 3.05) is 18.4 Å². The number of nitrogens with zero attached hydrogens (tertiary/aromatic N) is 1. The summed E-state index contributed by atoms with van der Waals surface area (Å²) in [5, 5.41) is 6.23. The van der Waals surface area contributed by atoms with Crippen molar-refractivity contribution in [3.63, 3.8) is 0 Å². The quantitative estimate of drug-likeness (QED) is 0.754. The largest absolute Gasteiger partial charge is 0.351 e. The fourth-order valence-corrected chi connectivity index (χ4v) is 3.79. The Bertz CT molecular complexity index is 903. The van der Waals surface area contributed by atoms with Gasteiger partial charge in [0.2, 0.25) is 5.91 Å². The Labute approximate surface area is 175 Å². The number of hydrogen-bond donors (Lipinski definition) is 2. The summed E-state index contributed by atoms with van der Waals surface area (Å²) in [4.78, 5) is 27.2. The van der Waals surface area contributed by atoms with Crippen molar-refractivity contribution < 1.29 is 14.0 Å². The zero-order valence-electron chi connectivity index (χ0n) is 16.6. The van der Waals surface area contributed by atoms with Crippen molar-refractivity contribution in [2.45, 2.75) is 33.2 Å². The monoisotopic (exact) mass is 417 g/mol. The molecule has 0 radical (unpaired) electrons. The van der Waals surface area contributed by atoms with Gasteiger partial charge in [0.25, 0.3) is 0 Å². The maximum Gasteiger partial charge on any atom is 0.321 e. The minimum Gasteiger partial charge on any atom is -0.351 e. The van der Waals surface area contributed by atoms with Gasteiger partial charge in [-0.15, -0.1) is 0 Å². The number of aryl methyl sites for hydroxylation is 1. The van der Waals surface area contributed by atoms with E-state index in [4.69, 9.17) is 11.6 Å². The van der Waals surface area contributed by atoms with Crippen molar-refractivity contribution in [1.29, 1.82) is 0 Å². The molecular formula is C22H25ClFN3O2. The van der Waals surface area contributed by atoms with Crippen LogP contribution in [0.3, 0.4) is 0 Å². The van der Waals surface area contributed by atoms with Crippen LogP contribution in [0.4, 0.5) is 14.9 Å². The average molecular weight is 418 g/mol. The number of likely N-dealkylation sites (tertiary alicyclic amines) is 1. The van der Waals surface area contributed by atoms with Crippen LogP contribution in [0.5, 0.6) is 0 Å². The Morgan fingerprint density at radius 3 is 2.62 bits per heavy atom. The molecular weight excluding hydrogens is 393 g/mol. The number of nitrogens with one attached hydrogen (secondary N) is 2. The highest BCUT2D eigenvalue weighted by Crippen LogP contribution is 2.31. The molecule has 0 aliphatic carbocycles. The van der Waals surface area contributed by atoms with E-state index in [-0.39, 0.29) is 17.8 Å². The topological polar surface area (TPSA) is 61.4 Å². The van der Waals surface area contributed by atoms with Gasteiger partial charge < -0.3 is 15.5 Å². The summed E-state index contributed by atoms with van der Waals surface area (Å²) in [6.07, 6.45) is 1.42. The highest BCUT2D eigenvalue weighted by atomic mass is 35.5. The minimum absolute atomic E-state index is 0.118. The van der Waals surface area contributed by atoms with E-state index in [1.165, 1.54) is 12.1 Å². The van der Waals surface area contributed by atoms with E-state index in [1.807, 2.05) is 19.9 Å². The van der Waals surface area contributed by atoms with Crippen LogP contribution < -0.4 is 10.6 Å². The van der Waals surface area contributed by atoms with Crippen LogP contribution in [-0.2, 0) is 11.3 Å². The number of piperidine rings is 1. The molecule has 2 aromatic carbocycles. The lowest BCUT2D eigenvalue weighted by Crippen LogP contribution is -2.52. The number of rotatable bonds is 4. The number of carbonyl (C=O) groups is 2. The molecule has 1 saturated heterocycles. The first-order valence-corrected chi connectivity index (χ1v) is 9.99. The molecule has 5 nitrogen and oxygen atoms in total. The maximum atomic E-state index is 13.0. The van der Waals surface area contributed by atoms with Gasteiger partial charge in [-0.2, -0.15) is 0 Å². The van der Waals surface area contributed by atoms with Crippen molar-refractivity contribution >= 4 is 29.2 Å². The maximum absolute atomic E-state index is 13.0. The molecule has 0 saturated carbocycles. The van der Waals surface area contributed by atoms with E-state index >= 15 is 0 Å². The first-order valence-electron chi connectivity index (χ1n) is 9.62. The summed E-state index contributed by atoms with van der Waals surface area (Å²) >= 11 is 6.21. The molecule has 1 aliphatic rings. The Morgan fingerprint density at radius 1 is 1.21 bits per heavy atom. The van der Waals surface area contributed by atoms with Crippen LogP contribution in [-0.4, -0.2) is 29.9 Å². The number of hydrogen-bond acceptors (Lipinski definition) is 2. The van der Waals surface area contributed by atoms with Gasteiger partial charge in [0.1, 0.15) is 5.82 Å². The molecule has 1 aliphatic heterocycles. The third kappa shape index (κ3) is 5.26. The van der Waals surface area contributed by atoms with Gasteiger partial charge in [0.15, 0.2) is 0 Å². The van der Waals surface area contributed by atoms with E-state index in [0.29, 0.717) is 36.8 Å². The lowest BCUT2D eigenvalue weighted by Gasteiger charge is -2.39. The van der Waals surface area contributed by atoms with Crippen molar-refractivity contribution in [3.8, 4) is 0 Å². The molecule has 2 aromatic rings. The van der Waals surface area contributed by atoms with Crippen LogP contribution in [0.2, 0.25) is 5.02 Å². The van der Waals surface area contributed by atoms with Crippen LogP contribution in [0.15, 0.2) is 42.5 Å². The standard InChI is InChI=1S/C22H25ClFN3O2/c1-15-4-9-19(18(23)12-15)26-21(29)27-11-3-10-22(2,14-27)20(28)25-13-16-5-7-17(24)8-6-16/h4-9,12H,3,10-11,13-14H2,1-2H3,(H,25,28)(H,26,29)/t22-/m1/s1. The molecule has 1 fully saturated rings. The van der Waals surface area contributed by atoms with Crippen molar-refractivity contribution in [2.24, 2.45) is 5.41 Å². The SMILES string of the molecule is Cc1ccc(NC(=O)N2CCC[C@@](C)(C(=O)NCc3ccc(F)cc3)C2)c(Cl)c1. The number of benzene rings is 2. The lowest BCUT2D eigenvalue weighted by molar-refractivity contribution is -0.132. The Morgan fingerprint density at radius 2 is 1.93 bits per heavy atom. The summed E-state index contributed by atoms with van der Waals surface area (Å²) in [5.41, 5.74) is 1.70. The van der Waals surface area contributed by atoms with Crippen LogP contribution >= 0.6 is 11.6 Å². The molecule has 0 bridgehead atoms. The normalized spacial score (nSPS) is 19.0. The molecule has 7 heteroatoms. The second-order valence-corrected chi connectivity index (χ2v) is 8.22. The first kappa shape index (κ1) is 21.1. The van der Waals surface area contributed by atoms with E-state index in [2.05, 4.69) is 10.6 Å². The molecule has 0 aromatic heterocycles. The number of halogens is 2. The predicted octanol–water partition coefficient (Wildman–Crippen LogP) is 4.74. The van der Waals surface area contributed by atoms with Gasteiger partial charge in [0.05, 0.1) is 16.1 Å². The van der Waals surface area contributed by atoms with Gasteiger partial charge in [-0.1, -0.05) is 29.8 Å². The molecule has 3 rings (SSSR count). The molecule has 2 N–H and O–H groups in total. The van der Waals surface area contributed by atoms with Gasteiger partial charge in [-0.25, -0.2) is 9.18 Å². The summed E-state index contributed by atoms with van der Waals surface area (Å²) in [7, 11) is 0. The van der Waals surface area contributed by atoms with E-state index in [1.54, 1.807) is 29.2 Å². The predicted molar refractivity (Wildman–Crippen MR) is 112 cm³/mol. The Hall–Kier alpha value is -2.60. The molecule has 1 atom stereocenters. The Balaban J connectivity index is 1.60. The van der Waals surface area contributed by atoms with Crippen LogP contribution in [0.25, 0.3) is 0 Å². The first-order chi connectivity index (χ1) is 13.8. The number of carbonyl (C=O) groups excluding carboxylic acids is 2. The minimum atomic E-state index is -0.688. The smallest absolute Gasteiger partial charge is 0.321 e. The average Bonchev–Trinajstić information content (AvgIpc) is 2.69. The van der Waals surface area contributed by atoms with E-state index in [9.17, 15) is 14.0 Å². The fourth-order valence-electron chi connectivity index (χ4n) is 3.51. The van der Waals surface area contributed by atoms with Crippen molar-refractivity contribution in [1.82, 2.24) is 10.2 Å². The zero-order chi connectivity index (χ0) is 21.0. The van der Waals surface area contributed by atoms with Gasteiger partial charge in [-0.3, -0.25) is 4.79 Å². The Kier molecular flexibility index (Phi) is 6.42. The molecule has 0 spiro atoms. The second kappa shape index (κ2) is 8.82. The summed E-state index contributed by atoms with van der Waals surface area (Å²) < 4.78 is 13.0. The molecule has 0 unspecified atom stereocenters. The fraction of sp³-hybridized carbons (Fsp3) is 0.364.